The highest BCUT2D eigenvalue weighted by molar-refractivity contribution is 5.40. The molecule has 0 aromatic heterocycles. The predicted octanol–water partition coefficient (Wildman–Crippen LogP) is 2.84. The van der Waals surface area contributed by atoms with Crippen LogP contribution in [0.15, 0.2) is 18.2 Å². The molecule has 0 fully saturated rings. The Labute approximate surface area is 116 Å². The second kappa shape index (κ2) is 7.51. The number of aryl methyl sites for hydroxylation is 1. The van der Waals surface area contributed by atoms with Gasteiger partial charge in [0.25, 0.3) is 0 Å². The average molecular weight is 265 g/mol. The standard InChI is InChI=1S/C16H27NO2/c1-5-11(2)9-15(18)14(10-17)13-8-12(3)6-7-16(13)19-4/h6-8,11,14-15,18H,5,9-10,17H2,1-4H3. The van der Waals surface area contributed by atoms with Crippen LogP contribution in [-0.4, -0.2) is 24.9 Å². The van der Waals surface area contributed by atoms with Crippen molar-refractivity contribution in [2.75, 3.05) is 13.7 Å². The maximum atomic E-state index is 10.4. The van der Waals surface area contributed by atoms with Crippen LogP contribution in [0.1, 0.15) is 43.7 Å². The van der Waals surface area contributed by atoms with Crippen LogP contribution in [-0.2, 0) is 0 Å². The number of aliphatic hydroxyl groups excluding tert-OH is 1. The SMILES string of the molecule is CCC(C)CC(O)C(CN)c1cc(C)ccc1OC. The molecule has 108 valence electrons. The fourth-order valence-corrected chi connectivity index (χ4v) is 2.38. The Morgan fingerprint density at radius 1 is 1.37 bits per heavy atom. The first-order chi connectivity index (χ1) is 9.03. The van der Waals surface area contributed by atoms with E-state index in [0.717, 1.165) is 29.7 Å². The largest absolute Gasteiger partial charge is 0.496 e. The Morgan fingerprint density at radius 2 is 2.05 bits per heavy atom. The molecule has 0 spiro atoms. The van der Waals surface area contributed by atoms with Crippen LogP contribution in [0.25, 0.3) is 0 Å². The van der Waals surface area contributed by atoms with Crippen molar-refractivity contribution in [3.63, 3.8) is 0 Å². The normalized spacial score (nSPS) is 15.9. The summed E-state index contributed by atoms with van der Waals surface area (Å²) in [7, 11) is 1.66. The lowest BCUT2D eigenvalue weighted by Crippen LogP contribution is -2.28. The third kappa shape index (κ3) is 4.22. The van der Waals surface area contributed by atoms with Crippen molar-refractivity contribution in [2.45, 2.75) is 45.6 Å². The van der Waals surface area contributed by atoms with Crippen molar-refractivity contribution in [1.29, 1.82) is 0 Å². The van der Waals surface area contributed by atoms with E-state index >= 15 is 0 Å². The smallest absolute Gasteiger partial charge is 0.122 e. The number of nitrogens with two attached hydrogens (primary N) is 1. The minimum Gasteiger partial charge on any atom is -0.496 e. The molecule has 0 radical (unpaired) electrons. The topological polar surface area (TPSA) is 55.5 Å². The number of benzene rings is 1. The number of methoxy groups -OCH3 is 1. The van der Waals surface area contributed by atoms with Crippen molar-refractivity contribution in [3.05, 3.63) is 29.3 Å². The first kappa shape index (κ1) is 16.0. The lowest BCUT2D eigenvalue weighted by Gasteiger charge is -2.26. The minimum atomic E-state index is -0.421. The van der Waals surface area contributed by atoms with E-state index in [1.165, 1.54) is 0 Å². The summed E-state index contributed by atoms with van der Waals surface area (Å²) in [5.41, 5.74) is 8.05. The van der Waals surface area contributed by atoms with Crippen LogP contribution in [0.5, 0.6) is 5.75 Å². The summed E-state index contributed by atoms with van der Waals surface area (Å²) in [6.45, 7) is 6.77. The summed E-state index contributed by atoms with van der Waals surface area (Å²) in [6, 6.07) is 6.02. The first-order valence-corrected chi connectivity index (χ1v) is 7.06. The van der Waals surface area contributed by atoms with E-state index in [4.69, 9.17) is 10.5 Å². The number of rotatable bonds is 7. The van der Waals surface area contributed by atoms with Gasteiger partial charge in [0.2, 0.25) is 0 Å². The summed E-state index contributed by atoms with van der Waals surface area (Å²) >= 11 is 0. The highest BCUT2D eigenvalue weighted by Crippen LogP contribution is 2.31. The predicted molar refractivity (Wildman–Crippen MR) is 79.6 cm³/mol. The Morgan fingerprint density at radius 3 is 2.58 bits per heavy atom. The van der Waals surface area contributed by atoms with Crippen LogP contribution in [0.4, 0.5) is 0 Å². The van der Waals surface area contributed by atoms with Crippen LogP contribution < -0.4 is 10.5 Å². The van der Waals surface area contributed by atoms with E-state index in [2.05, 4.69) is 19.9 Å². The van der Waals surface area contributed by atoms with Crippen molar-refractivity contribution in [3.8, 4) is 5.75 Å². The van der Waals surface area contributed by atoms with Crippen LogP contribution in [0, 0.1) is 12.8 Å². The molecule has 0 amide bonds. The van der Waals surface area contributed by atoms with Gasteiger partial charge in [0.1, 0.15) is 5.75 Å². The van der Waals surface area contributed by atoms with Gasteiger partial charge in [-0.1, -0.05) is 38.0 Å². The molecule has 3 atom stereocenters. The van der Waals surface area contributed by atoms with Gasteiger partial charge in [-0.15, -0.1) is 0 Å². The molecular formula is C16H27NO2. The lowest BCUT2D eigenvalue weighted by atomic mass is 9.86. The summed E-state index contributed by atoms with van der Waals surface area (Å²) in [4.78, 5) is 0. The maximum absolute atomic E-state index is 10.4. The van der Waals surface area contributed by atoms with Gasteiger partial charge in [0, 0.05) is 18.0 Å². The molecule has 1 aromatic carbocycles. The molecule has 1 aromatic rings. The molecule has 0 aliphatic heterocycles. The van der Waals surface area contributed by atoms with Gasteiger partial charge in [-0.25, -0.2) is 0 Å². The van der Waals surface area contributed by atoms with Crippen molar-refractivity contribution >= 4 is 0 Å². The Balaban J connectivity index is 2.98. The monoisotopic (exact) mass is 265 g/mol. The molecule has 0 aliphatic rings. The van der Waals surface area contributed by atoms with Gasteiger partial charge >= 0.3 is 0 Å². The zero-order valence-electron chi connectivity index (χ0n) is 12.5. The zero-order chi connectivity index (χ0) is 14.4. The molecule has 19 heavy (non-hydrogen) atoms. The van der Waals surface area contributed by atoms with E-state index < -0.39 is 6.10 Å². The summed E-state index contributed by atoms with van der Waals surface area (Å²) in [5.74, 6) is 1.24. The van der Waals surface area contributed by atoms with E-state index in [1.807, 2.05) is 19.1 Å². The molecule has 0 bridgehead atoms. The van der Waals surface area contributed by atoms with Gasteiger partial charge in [0.15, 0.2) is 0 Å². The minimum absolute atomic E-state index is 0.0659. The third-order valence-electron chi connectivity index (χ3n) is 3.84. The van der Waals surface area contributed by atoms with Crippen molar-refractivity contribution in [2.24, 2.45) is 11.7 Å². The number of ether oxygens (including phenoxy) is 1. The molecule has 3 unspecified atom stereocenters. The average Bonchev–Trinajstić information content (AvgIpc) is 2.39. The molecule has 3 N–H and O–H groups in total. The van der Waals surface area contributed by atoms with E-state index in [-0.39, 0.29) is 5.92 Å². The fourth-order valence-electron chi connectivity index (χ4n) is 2.38. The Kier molecular flexibility index (Phi) is 6.32. The van der Waals surface area contributed by atoms with E-state index in [1.54, 1.807) is 7.11 Å². The maximum Gasteiger partial charge on any atom is 0.122 e. The van der Waals surface area contributed by atoms with E-state index in [9.17, 15) is 5.11 Å². The van der Waals surface area contributed by atoms with Crippen LogP contribution in [0.2, 0.25) is 0 Å². The molecule has 0 heterocycles. The lowest BCUT2D eigenvalue weighted by molar-refractivity contribution is 0.116. The first-order valence-electron chi connectivity index (χ1n) is 7.06. The molecule has 3 heteroatoms. The van der Waals surface area contributed by atoms with Gasteiger partial charge in [0.05, 0.1) is 13.2 Å². The Hall–Kier alpha value is -1.06. The van der Waals surface area contributed by atoms with Crippen LogP contribution in [0.3, 0.4) is 0 Å². The quantitative estimate of drug-likeness (QED) is 0.797. The summed E-state index contributed by atoms with van der Waals surface area (Å²) in [5, 5.41) is 10.4. The van der Waals surface area contributed by atoms with Crippen molar-refractivity contribution < 1.29 is 9.84 Å². The van der Waals surface area contributed by atoms with Gasteiger partial charge in [-0.05, 0) is 25.3 Å². The summed E-state index contributed by atoms with van der Waals surface area (Å²) < 4.78 is 5.40. The number of hydrogen-bond donors (Lipinski definition) is 2. The zero-order valence-corrected chi connectivity index (χ0v) is 12.5. The number of hydrogen-bond acceptors (Lipinski definition) is 3. The molecule has 0 saturated heterocycles. The Bertz CT molecular complexity index is 392. The highest BCUT2D eigenvalue weighted by atomic mass is 16.5. The molecule has 1 rings (SSSR count). The van der Waals surface area contributed by atoms with Crippen molar-refractivity contribution in [1.82, 2.24) is 0 Å². The highest BCUT2D eigenvalue weighted by Gasteiger charge is 2.24. The number of aliphatic hydroxyl groups is 1. The molecule has 0 aliphatic carbocycles. The fraction of sp³-hybridized carbons (Fsp3) is 0.625. The second-order valence-electron chi connectivity index (χ2n) is 5.40. The van der Waals surface area contributed by atoms with Gasteiger partial charge in [-0.2, -0.15) is 0 Å². The third-order valence-corrected chi connectivity index (χ3v) is 3.84. The molecular weight excluding hydrogens is 238 g/mol. The summed E-state index contributed by atoms with van der Waals surface area (Å²) in [6.07, 6.45) is 1.42. The van der Waals surface area contributed by atoms with Gasteiger partial charge < -0.3 is 15.6 Å². The molecule has 0 saturated carbocycles. The second-order valence-corrected chi connectivity index (χ2v) is 5.40. The molecule has 3 nitrogen and oxygen atoms in total. The van der Waals surface area contributed by atoms with Crippen LogP contribution >= 0.6 is 0 Å². The van der Waals surface area contributed by atoms with Gasteiger partial charge in [-0.3, -0.25) is 0 Å². The van der Waals surface area contributed by atoms with E-state index in [0.29, 0.717) is 12.5 Å².